The van der Waals surface area contributed by atoms with Crippen LogP contribution in [0.4, 0.5) is 5.69 Å². The third-order valence-electron chi connectivity index (χ3n) is 5.02. The maximum Gasteiger partial charge on any atom is 0.0554 e. The van der Waals surface area contributed by atoms with Crippen molar-refractivity contribution in [2.24, 2.45) is 5.92 Å². The van der Waals surface area contributed by atoms with E-state index in [-0.39, 0.29) is 0 Å². The van der Waals surface area contributed by atoms with Crippen molar-refractivity contribution in [2.75, 3.05) is 5.32 Å². The lowest BCUT2D eigenvalue weighted by Gasteiger charge is -2.38. The fourth-order valence-corrected chi connectivity index (χ4v) is 4.30. The molecule has 0 amide bonds. The Labute approximate surface area is 137 Å². The molecule has 22 heavy (non-hydrogen) atoms. The first kappa shape index (κ1) is 13.9. The molecule has 3 atom stereocenters. The van der Waals surface area contributed by atoms with E-state index in [0.29, 0.717) is 17.9 Å². The molecular formula is C20H20ClN. The third kappa shape index (κ3) is 2.16. The lowest BCUT2D eigenvalue weighted by atomic mass is 9.76. The van der Waals surface area contributed by atoms with E-state index in [0.717, 1.165) is 11.4 Å². The number of hydrogen-bond donors (Lipinski definition) is 1. The van der Waals surface area contributed by atoms with Crippen LogP contribution < -0.4 is 5.32 Å². The van der Waals surface area contributed by atoms with Crippen molar-refractivity contribution in [1.82, 2.24) is 0 Å². The highest BCUT2D eigenvalue weighted by Crippen LogP contribution is 2.50. The molecule has 0 spiro atoms. The molecule has 0 radical (unpaired) electrons. The summed E-state index contributed by atoms with van der Waals surface area (Å²) in [5.41, 5.74) is 6.73. The van der Waals surface area contributed by atoms with E-state index in [1.165, 1.54) is 27.9 Å². The SMILES string of the molecule is Cc1cc(C)c2c(c1)[C@@H]1C=CC[C@H]1[C@@H](c1cccc(Cl)c1)N2. The average molecular weight is 310 g/mol. The van der Waals surface area contributed by atoms with Crippen molar-refractivity contribution >= 4 is 17.3 Å². The maximum atomic E-state index is 6.22. The smallest absolute Gasteiger partial charge is 0.0554 e. The first-order valence-electron chi connectivity index (χ1n) is 7.93. The van der Waals surface area contributed by atoms with Crippen LogP contribution in [0.5, 0.6) is 0 Å². The molecule has 2 aromatic carbocycles. The summed E-state index contributed by atoms with van der Waals surface area (Å²) in [6.45, 7) is 4.39. The first-order valence-corrected chi connectivity index (χ1v) is 8.31. The van der Waals surface area contributed by atoms with Crippen LogP contribution in [-0.4, -0.2) is 0 Å². The summed E-state index contributed by atoms with van der Waals surface area (Å²) in [5.74, 6) is 1.09. The highest BCUT2D eigenvalue weighted by molar-refractivity contribution is 6.30. The van der Waals surface area contributed by atoms with Gasteiger partial charge in [0.15, 0.2) is 0 Å². The number of aryl methyl sites for hydroxylation is 2. The van der Waals surface area contributed by atoms with Gasteiger partial charge in [-0.2, -0.15) is 0 Å². The van der Waals surface area contributed by atoms with Crippen LogP contribution in [0.2, 0.25) is 5.02 Å². The normalized spacial score (nSPS) is 25.5. The summed E-state index contributed by atoms with van der Waals surface area (Å²) in [6, 6.07) is 13.2. The van der Waals surface area contributed by atoms with Gasteiger partial charge in [-0.3, -0.25) is 0 Å². The summed E-state index contributed by atoms with van der Waals surface area (Å²) in [6.07, 6.45) is 5.85. The largest absolute Gasteiger partial charge is 0.377 e. The lowest BCUT2D eigenvalue weighted by Crippen LogP contribution is -2.29. The summed E-state index contributed by atoms with van der Waals surface area (Å²) >= 11 is 6.22. The minimum Gasteiger partial charge on any atom is -0.377 e. The van der Waals surface area contributed by atoms with Gasteiger partial charge in [-0.1, -0.05) is 53.6 Å². The van der Waals surface area contributed by atoms with Gasteiger partial charge in [0.05, 0.1) is 6.04 Å². The topological polar surface area (TPSA) is 12.0 Å². The summed E-state index contributed by atoms with van der Waals surface area (Å²) in [4.78, 5) is 0. The molecule has 0 fully saturated rings. The molecule has 1 aliphatic heterocycles. The second kappa shape index (κ2) is 5.17. The quantitative estimate of drug-likeness (QED) is 0.658. The van der Waals surface area contributed by atoms with Crippen LogP contribution in [0.25, 0.3) is 0 Å². The molecular weight excluding hydrogens is 290 g/mol. The molecule has 0 bridgehead atoms. The van der Waals surface area contributed by atoms with Crippen LogP contribution in [0, 0.1) is 19.8 Å². The molecule has 0 saturated carbocycles. The van der Waals surface area contributed by atoms with Gasteiger partial charge in [-0.05, 0) is 55.0 Å². The van der Waals surface area contributed by atoms with Gasteiger partial charge < -0.3 is 5.32 Å². The molecule has 1 N–H and O–H groups in total. The second-order valence-electron chi connectivity index (χ2n) is 6.58. The highest BCUT2D eigenvalue weighted by atomic mass is 35.5. The maximum absolute atomic E-state index is 6.22. The second-order valence-corrected chi connectivity index (χ2v) is 7.01. The van der Waals surface area contributed by atoms with E-state index in [1.54, 1.807) is 0 Å². The first-order chi connectivity index (χ1) is 10.6. The van der Waals surface area contributed by atoms with E-state index in [4.69, 9.17) is 11.6 Å². The van der Waals surface area contributed by atoms with Crippen molar-refractivity contribution < 1.29 is 0 Å². The van der Waals surface area contributed by atoms with Gasteiger partial charge in [0.25, 0.3) is 0 Å². The van der Waals surface area contributed by atoms with Crippen molar-refractivity contribution in [1.29, 1.82) is 0 Å². The summed E-state index contributed by atoms with van der Waals surface area (Å²) in [7, 11) is 0. The van der Waals surface area contributed by atoms with Crippen LogP contribution in [-0.2, 0) is 0 Å². The number of hydrogen-bond acceptors (Lipinski definition) is 1. The van der Waals surface area contributed by atoms with Gasteiger partial charge in [-0.25, -0.2) is 0 Å². The van der Waals surface area contributed by atoms with Crippen LogP contribution >= 0.6 is 11.6 Å². The summed E-state index contributed by atoms with van der Waals surface area (Å²) in [5, 5.41) is 4.62. The third-order valence-corrected chi connectivity index (χ3v) is 5.25. The fourth-order valence-electron chi connectivity index (χ4n) is 4.10. The number of benzene rings is 2. The number of halogens is 1. The predicted molar refractivity (Wildman–Crippen MR) is 93.7 cm³/mol. The minimum absolute atomic E-state index is 0.326. The Morgan fingerprint density at radius 1 is 1.14 bits per heavy atom. The molecule has 4 rings (SSSR count). The molecule has 2 heteroatoms. The van der Waals surface area contributed by atoms with Gasteiger partial charge in [0.1, 0.15) is 0 Å². The van der Waals surface area contributed by atoms with Gasteiger partial charge in [0.2, 0.25) is 0 Å². The number of nitrogens with one attached hydrogen (secondary N) is 1. The highest BCUT2D eigenvalue weighted by Gasteiger charge is 2.38. The van der Waals surface area contributed by atoms with Gasteiger partial charge in [-0.15, -0.1) is 0 Å². The van der Waals surface area contributed by atoms with Crippen molar-refractivity contribution in [3.63, 3.8) is 0 Å². The number of allylic oxidation sites excluding steroid dienone is 2. The Kier molecular flexibility index (Phi) is 3.27. The van der Waals surface area contributed by atoms with Crippen molar-refractivity contribution in [2.45, 2.75) is 32.2 Å². The van der Waals surface area contributed by atoms with Gasteiger partial charge in [0, 0.05) is 16.6 Å². The van der Waals surface area contributed by atoms with Gasteiger partial charge >= 0.3 is 0 Å². The molecule has 1 heterocycles. The van der Waals surface area contributed by atoms with Crippen molar-refractivity contribution in [3.8, 4) is 0 Å². The molecule has 1 nitrogen and oxygen atoms in total. The van der Waals surface area contributed by atoms with E-state index in [9.17, 15) is 0 Å². The van der Waals surface area contributed by atoms with Crippen LogP contribution in [0.3, 0.4) is 0 Å². The van der Waals surface area contributed by atoms with Crippen molar-refractivity contribution in [3.05, 3.63) is 75.8 Å². The fraction of sp³-hybridized carbons (Fsp3) is 0.300. The zero-order valence-electron chi connectivity index (χ0n) is 12.9. The van der Waals surface area contributed by atoms with Crippen LogP contribution in [0.15, 0.2) is 48.6 Å². The zero-order valence-corrected chi connectivity index (χ0v) is 13.7. The minimum atomic E-state index is 0.326. The molecule has 1 aliphatic carbocycles. The molecule has 2 aromatic rings. The molecule has 0 unspecified atom stereocenters. The van der Waals surface area contributed by atoms with E-state index in [2.05, 4.69) is 55.6 Å². The van der Waals surface area contributed by atoms with Crippen LogP contribution in [0.1, 0.15) is 40.6 Å². The number of rotatable bonds is 1. The number of fused-ring (bicyclic) bond motifs is 3. The lowest BCUT2D eigenvalue weighted by molar-refractivity contribution is 0.425. The Balaban J connectivity index is 1.84. The zero-order chi connectivity index (χ0) is 15.3. The predicted octanol–water partition coefficient (Wildman–Crippen LogP) is 5.78. The molecule has 2 aliphatic rings. The van der Waals surface area contributed by atoms with E-state index >= 15 is 0 Å². The summed E-state index contributed by atoms with van der Waals surface area (Å²) < 4.78 is 0. The Hall–Kier alpha value is -1.73. The Bertz CT molecular complexity index is 762. The average Bonchev–Trinajstić information content (AvgIpc) is 2.96. The Morgan fingerprint density at radius 3 is 2.82 bits per heavy atom. The Morgan fingerprint density at radius 2 is 2.00 bits per heavy atom. The monoisotopic (exact) mass is 309 g/mol. The van der Waals surface area contributed by atoms with E-state index < -0.39 is 0 Å². The molecule has 112 valence electrons. The van der Waals surface area contributed by atoms with E-state index in [1.807, 2.05) is 12.1 Å². The molecule has 0 saturated heterocycles. The standard InChI is InChI=1S/C20H20ClN/c1-12-9-13(2)19-18(10-12)16-7-4-8-17(16)20(22-19)14-5-3-6-15(21)11-14/h3-7,9-11,16-17,20,22H,8H2,1-2H3/t16-,17-,20-/m1/s1. The number of anilines is 1. The molecule has 0 aromatic heterocycles.